The van der Waals surface area contributed by atoms with Crippen LogP contribution in [0, 0.1) is 0 Å². The molecule has 1 aliphatic carbocycles. The van der Waals surface area contributed by atoms with Crippen molar-refractivity contribution < 1.29 is 0 Å². The molecule has 1 aromatic heterocycles. The van der Waals surface area contributed by atoms with E-state index in [2.05, 4.69) is 48.8 Å². The van der Waals surface area contributed by atoms with Gasteiger partial charge in [0.25, 0.3) is 0 Å². The van der Waals surface area contributed by atoms with E-state index in [-0.39, 0.29) is 0 Å². The Bertz CT molecular complexity index is 622. The molecule has 0 saturated carbocycles. The van der Waals surface area contributed by atoms with Gasteiger partial charge in [-0.25, -0.2) is 0 Å². The molecule has 0 aliphatic heterocycles. The predicted molar refractivity (Wildman–Crippen MR) is 102 cm³/mol. The van der Waals surface area contributed by atoms with Crippen LogP contribution in [0.15, 0.2) is 18.3 Å². The number of aromatic nitrogens is 1. The van der Waals surface area contributed by atoms with Gasteiger partial charge in [0.05, 0.1) is 0 Å². The number of nitrogens with zero attached hydrogens (tertiary/aromatic N) is 2. The minimum absolute atomic E-state index is 1.07. The highest BCUT2D eigenvalue weighted by molar-refractivity contribution is 5.88. The summed E-state index contributed by atoms with van der Waals surface area (Å²) in [5.41, 5.74) is 6.28. The first-order valence-electron chi connectivity index (χ1n) is 9.48. The molecule has 1 aliphatic rings. The molecular formula is C21H34N2. The zero-order chi connectivity index (χ0) is 16.8. The van der Waals surface area contributed by atoms with Crippen LogP contribution in [0.25, 0.3) is 10.9 Å². The van der Waals surface area contributed by atoms with E-state index in [9.17, 15) is 0 Å². The first-order valence-corrected chi connectivity index (χ1v) is 9.48. The minimum atomic E-state index is 1.07. The third kappa shape index (κ3) is 3.98. The second-order valence-corrected chi connectivity index (χ2v) is 6.65. The van der Waals surface area contributed by atoms with E-state index < -0.39 is 0 Å². The van der Waals surface area contributed by atoms with Crippen LogP contribution in [0.4, 0.5) is 0 Å². The molecular weight excluding hydrogens is 280 g/mol. The SMILES string of the molecule is CC.CCn1cc(CCN(C)C)c2c3c(ccc21)CCCCC3. The van der Waals surface area contributed by atoms with Crippen LogP contribution in [0.3, 0.4) is 0 Å². The standard InChI is InChI=1S/C19H28N2.C2H6/c1-4-21-14-16(12-13-20(2)3)19-17-9-7-5-6-8-15(17)10-11-18(19)21;1-2/h10-11,14H,4-9,12-13H2,1-3H3;1-2H3. The Morgan fingerprint density at radius 1 is 1.04 bits per heavy atom. The molecule has 2 heteroatoms. The predicted octanol–water partition coefficient (Wildman–Crippen LogP) is 5.06. The molecule has 2 nitrogen and oxygen atoms in total. The molecule has 2 aromatic rings. The molecule has 0 bridgehead atoms. The fourth-order valence-corrected chi connectivity index (χ4v) is 3.71. The molecule has 0 N–H and O–H groups in total. The summed E-state index contributed by atoms with van der Waals surface area (Å²) in [7, 11) is 4.33. The quantitative estimate of drug-likeness (QED) is 0.716. The van der Waals surface area contributed by atoms with Gasteiger partial charge in [-0.15, -0.1) is 0 Å². The monoisotopic (exact) mass is 314 g/mol. The van der Waals surface area contributed by atoms with Gasteiger partial charge >= 0.3 is 0 Å². The Morgan fingerprint density at radius 2 is 1.78 bits per heavy atom. The molecule has 128 valence electrons. The maximum absolute atomic E-state index is 2.44. The Morgan fingerprint density at radius 3 is 2.48 bits per heavy atom. The first-order chi connectivity index (χ1) is 11.2. The zero-order valence-electron chi connectivity index (χ0n) is 15.8. The van der Waals surface area contributed by atoms with Crippen LogP contribution in [0.5, 0.6) is 0 Å². The molecule has 0 saturated heterocycles. The maximum atomic E-state index is 2.44. The molecule has 0 atom stereocenters. The van der Waals surface area contributed by atoms with Crippen molar-refractivity contribution >= 4 is 10.9 Å². The van der Waals surface area contributed by atoms with Gasteiger partial charge in [0, 0.05) is 30.2 Å². The summed E-state index contributed by atoms with van der Waals surface area (Å²) in [6.45, 7) is 8.45. The second kappa shape index (κ2) is 8.54. The summed E-state index contributed by atoms with van der Waals surface area (Å²) in [4.78, 5) is 2.29. The van der Waals surface area contributed by atoms with Crippen LogP contribution < -0.4 is 0 Å². The summed E-state index contributed by atoms with van der Waals surface area (Å²) >= 11 is 0. The van der Waals surface area contributed by atoms with Crippen LogP contribution in [-0.2, 0) is 25.8 Å². The Labute approximate surface area is 142 Å². The number of aryl methyl sites for hydroxylation is 3. The zero-order valence-corrected chi connectivity index (χ0v) is 15.8. The van der Waals surface area contributed by atoms with Gasteiger partial charge in [0.2, 0.25) is 0 Å². The average Bonchev–Trinajstić information content (AvgIpc) is 2.76. The molecule has 0 fully saturated rings. The molecule has 1 heterocycles. The molecule has 1 aromatic carbocycles. The first kappa shape index (κ1) is 18.1. The highest BCUT2D eigenvalue weighted by Crippen LogP contribution is 2.32. The lowest BCUT2D eigenvalue weighted by Crippen LogP contribution is -2.15. The smallest absolute Gasteiger partial charge is 0.0486 e. The number of rotatable bonds is 4. The van der Waals surface area contributed by atoms with Crippen molar-refractivity contribution in [1.29, 1.82) is 0 Å². The number of fused-ring (bicyclic) bond motifs is 3. The van der Waals surface area contributed by atoms with E-state index >= 15 is 0 Å². The Kier molecular flexibility index (Phi) is 6.71. The number of benzene rings is 1. The van der Waals surface area contributed by atoms with E-state index in [0.717, 1.165) is 19.5 Å². The number of hydrogen-bond acceptors (Lipinski definition) is 1. The van der Waals surface area contributed by atoms with E-state index in [4.69, 9.17) is 0 Å². The highest BCUT2D eigenvalue weighted by Gasteiger charge is 2.17. The van der Waals surface area contributed by atoms with E-state index in [0.29, 0.717) is 0 Å². The van der Waals surface area contributed by atoms with E-state index in [1.54, 1.807) is 22.1 Å². The van der Waals surface area contributed by atoms with Crippen LogP contribution in [0.1, 0.15) is 56.7 Å². The van der Waals surface area contributed by atoms with Gasteiger partial charge in [-0.3, -0.25) is 0 Å². The van der Waals surface area contributed by atoms with Crippen molar-refractivity contribution in [2.24, 2.45) is 0 Å². The molecule has 0 spiro atoms. The Balaban J connectivity index is 0.000000924. The third-order valence-corrected chi connectivity index (χ3v) is 4.87. The molecule has 0 radical (unpaired) electrons. The van der Waals surface area contributed by atoms with Gasteiger partial charge in [-0.1, -0.05) is 26.3 Å². The largest absolute Gasteiger partial charge is 0.347 e. The van der Waals surface area contributed by atoms with E-state index in [1.165, 1.54) is 37.6 Å². The lowest BCUT2D eigenvalue weighted by Gasteiger charge is -2.12. The second-order valence-electron chi connectivity index (χ2n) is 6.65. The van der Waals surface area contributed by atoms with Crippen molar-refractivity contribution in [2.75, 3.05) is 20.6 Å². The van der Waals surface area contributed by atoms with Crippen molar-refractivity contribution in [1.82, 2.24) is 9.47 Å². The molecule has 23 heavy (non-hydrogen) atoms. The van der Waals surface area contributed by atoms with Gasteiger partial charge < -0.3 is 9.47 Å². The van der Waals surface area contributed by atoms with Gasteiger partial charge in [-0.05, 0) is 75.9 Å². The number of likely N-dealkylation sites (N-methyl/N-ethyl adjacent to an activating group) is 1. The van der Waals surface area contributed by atoms with Gasteiger partial charge in [-0.2, -0.15) is 0 Å². The van der Waals surface area contributed by atoms with E-state index in [1.807, 2.05) is 13.8 Å². The maximum Gasteiger partial charge on any atom is 0.0486 e. The fourth-order valence-electron chi connectivity index (χ4n) is 3.71. The van der Waals surface area contributed by atoms with Crippen molar-refractivity contribution in [2.45, 2.75) is 65.8 Å². The lowest BCUT2D eigenvalue weighted by atomic mass is 9.96. The summed E-state index contributed by atoms with van der Waals surface area (Å²) < 4.78 is 2.44. The van der Waals surface area contributed by atoms with Crippen LogP contribution in [0.2, 0.25) is 0 Å². The highest BCUT2D eigenvalue weighted by atomic mass is 15.0. The molecule has 3 rings (SSSR count). The van der Waals surface area contributed by atoms with Crippen LogP contribution in [-0.4, -0.2) is 30.1 Å². The van der Waals surface area contributed by atoms with Crippen molar-refractivity contribution in [3.8, 4) is 0 Å². The summed E-state index contributed by atoms with van der Waals surface area (Å²) in [6, 6.07) is 4.76. The van der Waals surface area contributed by atoms with Gasteiger partial charge in [0.15, 0.2) is 0 Å². The summed E-state index contributed by atoms with van der Waals surface area (Å²) in [5, 5.41) is 1.58. The molecule has 0 amide bonds. The topological polar surface area (TPSA) is 8.17 Å². The number of hydrogen-bond donors (Lipinski definition) is 0. The molecule has 0 unspecified atom stereocenters. The average molecular weight is 315 g/mol. The Hall–Kier alpha value is -1.28. The summed E-state index contributed by atoms with van der Waals surface area (Å²) in [5.74, 6) is 0. The summed E-state index contributed by atoms with van der Waals surface area (Å²) in [6.07, 6.45) is 10.2. The normalized spacial score (nSPS) is 14.3. The van der Waals surface area contributed by atoms with Crippen molar-refractivity contribution in [3.63, 3.8) is 0 Å². The lowest BCUT2D eigenvalue weighted by molar-refractivity contribution is 0.414. The van der Waals surface area contributed by atoms with Crippen LogP contribution >= 0.6 is 0 Å². The van der Waals surface area contributed by atoms with Crippen molar-refractivity contribution in [3.05, 3.63) is 35.0 Å². The fraction of sp³-hybridized carbons (Fsp3) is 0.619. The third-order valence-electron chi connectivity index (χ3n) is 4.87. The minimum Gasteiger partial charge on any atom is -0.347 e. The van der Waals surface area contributed by atoms with Gasteiger partial charge in [0.1, 0.15) is 0 Å².